The third kappa shape index (κ3) is 2.51. The molecule has 1 aromatic carbocycles. The summed E-state index contributed by atoms with van der Waals surface area (Å²) in [6.45, 7) is 4.40. The van der Waals surface area contributed by atoms with Gasteiger partial charge in [0.15, 0.2) is 0 Å². The molecule has 3 rings (SSSR count). The Morgan fingerprint density at radius 1 is 1.43 bits per heavy atom. The van der Waals surface area contributed by atoms with E-state index in [1.165, 1.54) is 0 Å². The lowest BCUT2D eigenvalue weighted by molar-refractivity contribution is 0.0696. The molecule has 0 saturated heterocycles. The van der Waals surface area contributed by atoms with Gasteiger partial charge in [-0.05, 0) is 48.8 Å². The standard InChI is InChI=1S/C17H18ClNO2/c1-9(2)10-3-6-14-13(7-10)16(17(20)21)12-5-4-11(18)8-15(12)19-14/h4-5,8-10H,3,6-7H2,1-2H3,(H,20,21). The molecule has 0 radical (unpaired) electrons. The molecule has 1 heterocycles. The highest BCUT2D eigenvalue weighted by Crippen LogP contribution is 2.35. The third-order valence-electron chi connectivity index (χ3n) is 4.51. The molecule has 4 heteroatoms. The van der Waals surface area contributed by atoms with Crippen molar-refractivity contribution < 1.29 is 9.90 Å². The van der Waals surface area contributed by atoms with Gasteiger partial charge in [-0.15, -0.1) is 0 Å². The summed E-state index contributed by atoms with van der Waals surface area (Å²) >= 11 is 6.01. The molecule has 1 aliphatic carbocycles. The molecule has 110 valence electrons. The Balaban J connectivity index is 2.25. The largest absolute Gasteiger partial charge is 0.478 e. The monoisotopic (exact) mass is 303 g/mol. The number of carboxylic acids is 1. The molecule has 0 amide bonds. The highest BCUT2D eigenvalue weighted by molar-refractivity contribution is 6.31. The molecule has 1 aromatic heterocycles. The van der Waals surface area contributed by atoms with Gasteiger partial charge in [0, 0.05) is 16.1 Å². The van der Waals surface area contributed by atoms with Crippen LogP contribution in [0.25, 0.3) is 10.9 Å². The maximum absolute atomic E-state index is 11.8. The number of rotatable bonds is 2. The molecule has 0 saturated carbocycles. The van der Waals surface area contributed by atoms with Crippen molar-refractivity contribution in [1.82, 2.24) is 4.98 Å². The van der Waals surface area contributed by atoms with Gasteiger partial charge in [0.25, 0.3) is 0 Å². The number of halogens is 1. The van der Waals surface area contributed by atoms with E-state index < -0.39 is 5.97 Å². The second-order valence-electron chi connectivity index (χ2n) is 6.13. The number of fused-ring (bicyclic) bond motifs is 2. The number of hydrogen-bond acceptors (Lipinski definition) is 2. The first-order valence-corrected chi connectivity index (χ1v) is 7.69. The number of carbonyl (C=O) groups is 1. The first kappa shape index (κ1) is 14.3. The Morgan fingerprint density at radius 3 is 2.86 bits per heavy atom. The molecule has 0 spiro atoms. The van der Waals surface area contributed by atoms with Crippen LogP contribution in [0.15, 0.2) is 18.2 Å². The third-order valence-corrected chi connectivity index (χ3v) is 4.74. The van der Waals surface area contributed by atoms with Gasteiger partial charge in [-0.3, -0.25) is 4.98 Å². The SMILES string of the molecule is CC(C)C1CCc2nc3cc(Cl)ccc3c(C(=O)O)c2C1. The van der Waals surface area contributed by atoms with Crippen molar-refractivity contribution in [1.29, 1.82) is 0 Å². The van der Waals surface area contributed by atoms with E-state index in [2.05, 4.69) is 18.8 Å². The summed E-state index contributed by atoms with van der Waals surface area (Å²) in [4.78, 5) is 16.5. The molecular formula is C17H18ClNO2. The van der Waals surface area contributed by atoms with Gasteiger partial charge in [-0.25, -0.2) is 4.79 Å². The van der Waals surface area contributed by atoms with E-state index in [0.29, 0.717) is 33.3 Å². The smallest absolute Gasteiger partial charge is 0.336 e. The second kappa shape index (κ2) is 5.30. The quantitative estimate of drug-likeness (QED) is 0.897. The summed E-state index contributed by atoms with van der Waals surface area (Å²) in [7, 11) is 0. The summed E-state index contributed by atoms with van der Waals surface area (Å²) < 4.78 is 0. The number of pyridine rings is 1. The maximum Gasteiger partial charge on any atom is 0.336 e. The molecule has 1 atom stereocenters. The topological polar surface area (TPSA) is 50.2 Å². The second-order valence-corrected chi connectivity index (χ2v) is 6.56. The van der Waals surface area contributed by atoms with Crippen molar-refractivity contribution in [3.63, 3.8) is 0 Å². The lowest BCUT2D eigenvalue weighted by atomic mass is 9.78. The van der Waals surface area contributed by atoms with Crippen molar-refractivity contribution in [3.05, 3.63) is 40.0 Å². The van der Waals surface area contributed by atoms with Gasteiger partial charge in [0.1, 0.15) is 0 Å². The fraction of sp³-hybridized carbons (Fsp3) is 0.412. The maximum atomic E-state index is 11.8. The molecular weight excluding hydrogens is 286 g/mol. The molecule has 0 fully saturated rings. The minimum Gasteiger partial charge on any atom is -0.478 e. The highest BCUT2D eigenvalue weighted by Gasteiger charge is 2.28. The minimum atomic E-state index is -0.870. The molecule has 1 N–H and O–H groups in total. The Labute approximate surface area is 129 Å². The lowest BCUT2D eigenvalue weighted by Crippen LogP contribution is -2.23. The summed E-state index contributed by atoms with van der Waals surface area (Å²) in [5.41, 5.74) is 2.94. The Hall–Kier alpha value is -1.61. The minimum absolute atomic E-state index is 0.414. The van der Waals surface area contributed by atoms with Crippen molar-refractivity contribution in [2.24, 2.45) is 11.8 Å². The zero-order valence-corrected chi connectivity index (χ0v) is 12.9. The summed E-state index contributed by atoms with van der Waals surface area (Å²) in [5.74, 6) is 0.216. The van der Waals surface area contributed by atoms with Crippen LogP contribution in [0, 0.1) is 11.8 Å². The zero-order valence-electron chi connectivity index (χ0n) is 12.2. The van der Waals surface area contributed by atoms with Crippen LogP contribution in [0.5, 0.6) is 0 Å². The number of aryl methyl sites for hydroxylation is 1. The van der Waals surface area contributed by atoms with Crippen LogP contribution >= 0.6 is 11.6 Å². The Kier molecular flexibility index (Phi) is 3.62. The first-order valence-electron chi connectivity index (χ1n) is 7.31. The number of aromatic carboxylic acids is 1. The molecule has 0 bridgehead atoms. The normalized spacial score (nSPS) is 18.0. The van der Waals surface area contributed by atoms with E-state index in [9.17, 15) is 9.90 Å². The lowest BCUT2D eigenvalue weighted by Gasteiger charge is -2.28. The summed E-state index contributed by atoms with van der Waals surface area (Å²) in [6.07, 6.45) is 2.73. The van der Waals surface area contributed by atoms with Crippen LogP contribution in [0.1, 0.15) is 41.9 Å². The van der Waals surface area contributed by atoms with Crippen LogP contribution in [-0.4, -0.2) is 16.1 Å². The van der Waals surface area contributed by atoms with Gasteiger partial charge < -0.3 is 5.11 Å². The summed E-state index contributed by atoms with van der Waals surface area (Å²) in [6, 6.07) is 5.25. The molecule has 1 aliphatic rings. The van der Waals surface area contributed by atoms with Gasteiger partial charge in [0.05, 0.1) is 11.1 Å². The van der Waals surface area contributed by atoms with Crippen molar-refractivity contribution in [2.75, 3.05) is 0 Å². The predicted molar refractivity (Wildman–Crippen MR) is 84.1 cm³/mol. The number of aromatic nitrogens is 1. The van der Waals surface area contributed by atoms with Crippen LogP contribution in [0.2, 0.25) is 5.02 Å². The first-order chi connectivity index (χ1) is 9.97. The van der Waals surface area contributed by atoms with Gasteiger partial charge in [-0.2, -0.15) is 0 Å². The molecule has 21 heavy (non-hydrogen) atoms. The number of benzene rings is 1. The van der Waals surface area contributed by atoms with Crippen LogP contribution in [0.3, 0.4) is 0 Å². The number of hydrogen-bond donors (Lipinski definition) is 1. The molecule has 3 nitrogen and oxygen atoms in total. The highest BCUT2D eigenvalue weighted by atomic mass is 35.5. The Morgan fingerprint density at radius 2 is 2.19 bits per heavy atom. The van der Waals surface area contributed by atoms with Crippen LogP contribution in [-0.2, 0) is 12.8 Å². The summed E-state index contributed by atoms with van der Waals surface area (Å²) in [5, 5.41) is 10.9. The van der Waals surface area contributed by atoms with Gasteiger partial charge >= 0.3 is 5.97 Å². The van der Waals surface area contributed by atoms with E-state index in [0.717, 1.165) is 30.5 Å². The fourth-order valence-electron chi connectivity index (χ4n) is 3.25. The van der Waals surface area contributed by atoms with E-state index >= 15 is 0 Å². The van der Waals surface area contributed by atoms with Gasteiger partial charge in [-0.1, -0.05) is 31.5 Å². The average molecular weight is 304 g/mol. The van der Waals surface area contributed by atoms with Crippen molar-refractivity contribution >= 4 is 28.5 Å². The van der Waals surface area contributed by atoms with Crippen molar-refractivity contribution in [2.45, 2.75) is 33.1 Å². The van der Waals surface area contributed by atoms with Crippen LogP contribution < -0.4 is 0 Å². The molecule has 1 unspecified atom stereocenters. The predicted octanol–water partition coefficient (Wildman–Crippen LogP) is 4.35. The van der Waals surface area contributed by atoms with E-state index in [1.54, 1.807) is 18.2 Å². The van der Waals surface area contributed by atoms with E-state index in [4.69, 9.17) is 11.6 Å². The number of carboxylic acid groups (broad SMARTS) is 1. The van der Waals surface area contributed by atoms with Crippen molar-refractivity contribution in [3.8, 4) is 0 Å². The van der Waals surface area contributed by atoms with E-state index in [1.807, 2.05) is 0 Å². The average Bonchev–Trinajstić information content (AvgIpc) is 2.43. The Bertz CT molecular complexity index is 724. The van der Waals surface area contributed by atoms with E-state index in [-0.39, 0.29) is 0 Å². The molecule has 0 aliphatic heterocycles. The zero-order chi connectivity index (χ0) is 15.1. The molecule has 2 aromatic rings. The number of nitrogens with zero attached hydrogens (tertiary/aromatic N) is 1. The van der Waals surface area contributed by atoms with Crippen LogP contribution in [0.4, 0.5) is 0 Å². The van der Waals surface area contributed by atoms with Gasteiger partial charge in [0.2, 0.25) is 0 Å². The fourth-order valence-corrected chi connectivity index (χ4v) is 3.42.